The Morgan fingerprint density at radius 3 is 2.39 bits per heavy atom. The Hall–Kier alpha value is -3.67. The zero-order valence-corrected chi connectivity index (χ0v) is 17.3. The van der Waals surface area contributed by atoms with Crippen LogP contribution in [0, 0.1) is 0 Å². The van der Waals surface area contributed by atoms with Crippen LogP contribution in [0.3, 0.4) is 0 Å². The first kappa shape index (κ1) is 20.6. The summed E-state index contributed by atoms with van der Waals surface area (Å²) in [6, 6.07) is 20.2. The number of ether oxygens (including phenoxy) is 2. The van der Waals surface area contributed by atoms with Crippen LogP contribution in [0.1, 0.15) is 16.7 Å². The van der Waals surface area contributed by atoms with Crippen molar-refractivity contribution < 1.29 is 24.5 Å². The van der Waals surface area contributed by atoms with Gasteiger partial charge >= 0.3 is 5.97 Å². The van der Waals surface area contributed by atoms with Crippen molar-refractivity contribution >= 4 is 11.7 Å². The summed E-state index contributed by atoms with van der Waals surface area (Å²) < 4.78 is 11.3. The molecule has 1 aliphatic rings. The lowest BCUT2D eigenvalue weighted by atomic mass is 9.95. The van der Waals surface area contributed by atoms with Gasteiger partial charge in [-0.2, -0.15) is 0 Å². The van der Waals surface area contributed by atoms with E-state index in [-0.39, 0.29) is 5.75 Å². The maximum Gasteiger partial charge on any atom is 0.330 e. The van der Waals surface area contributed by atoms with Crippen LogP contribution in [0.15, 0.2) is 66.7 Å². The third-order valence-electron chi connectivity index (χ3n) is 5.62. The number of hydrogen-bond donors (Lipinski definition) is 3. The SMILES string of the molecule is COc1ccc(NC2(C(=O)O)Cc3ccccc3C2)cc1OCCc1cccc(O)c1. The Balaban J connectivity index is 1.50. The van der Waals surface area contributed by atoms with Crippen LogP contribution in [0.2, 0.25) is 0 Å². The van der Waals surface area contributed by atoms with Crippen LogP contribution in [0.25, 0.3) is 0 Å². The second kappa shape index (κ2) is 8.60. The lowest BCUT2D eigenvalue weighted by molar-refractivity contribution is -0.142. The number of fused-ring (bicyclic) bond motifs is 1. The van der Waals surface area contributed by atoms with Gasteiger partial charge < -0.3 is 25.0 Å². The van der Waals surface area contributed by atoms with E-state index in [1.54, 1.807) is 43.5 Å². The maximum atomic E-state index is 12.2. The van der Waals surface area contributed by atoms with E-state index in [2.05, 4.69) is 5.32 Å². The van der Waals surface area contributed by atoms with Crippen molar-refractivity contribution in [2.24, 2.45) is 0 Å². The van der Waals surface area contributed by atoms with Crippen LogP contribution in [-0.4, -0.2) is 35.4 Å². The van der Waals surface area contributed by atoms with E-state index in [0.717, 1.165) is 16.7 Å². The van der Waals surface area contributed by atoms with Gasteiger partial charge in [0.1, 0.15) is 11.3 Å². The zero-order valence-electron chi connectivity index (χ0n) is 17.3. The van der Waals surface area contributed by atoms with E-state index >= 15 is 0 Å². The lowest BCUT2D eigenvalue weighted by Crippen LogP contribution is -2.47. The van der Waals surface area contributed by atoms with Gasteiger partial charge in [-0.15, -0.1) is 0 Å². The third kappa shape index (κ3) is 4.43. The maximum absolute atomic E-state index is 12.2. The number of carbonyl (C=O) groups is 1. The highest BCUT2D eigenvalue weighted by Gasteiger charge is 2.44. The topological polar surface area (TPSA) is 88.0 Å². The number of rotatable bonds is 8. The van der Waals surface area contributed by atoms with Crippen molar-refractivity contribution in [3.8, 4) is 17.2 Å². The average Bonchev–Trinajstić information content (AvgIpc) is 3.13. The number of phenolic OH excluding ortho intramolecular Hbond substituents is 1. The summed E-state index contributed by atoms with van der Waals surface area (Å²) in [5.41, 5.74) is 2.61. The molecule has 4 rings (SSSR count). The first-order valence-corrected chi connectivity index (χ1v) is 10.2. The number of aliphatic carboxylic acids is 1. The fourth-order valence-corrected chi connectivity index (χ4v) is 4.04. The number of anilines is 1. The Kier molecular flexibility index (Phi) is 5.71. The van der Waals surface area contributed by atoms with Crippen LogP contribution < -0.4 is 14.8 Å². The summed E-state index contributed by atoms with van der Waals surface area (Å²) >= 11 is 0. The molecule has 0 fully saturated rings. The molecule has 6 heteroatoms. The molecule has 31 heavy (non-hydrogen) atoms. The van der Waals surface area contributed by atoms with Gasteiger partial charge in [0.25, 0.3) is 0 Å². The third-order valence-corrected chi connectivity index (χ3v) is 5.62. The predicted octanol–water partition coefficient (Wildman–Crippen LogP) is 4.06. The molecule has 0 unspecified atom stereocenters. The fourth-order valence-electron chi connectivity index (χ4n) is 4.04. The molecule has 3 aromatic carbocycles. The molecule has 0 aromatic heterocycles. The second-order valence-electron chi connectivity index (χ2n) is 7.77. The Bertz CT molecular complexity index is 1070. The van der Waals surface area contributed by atoms with E-state index in [1.165, 1.54) is 0 Å². The molecule has 0 saturated heterocycles. The van der Waals surface area contributed by atoms with E-state index < -0.39 is 11.5 Å². The number of nitrogens with one attached hydrogen (secondary N) is 1. The second-order valence-corrected chi connectivity index (χ2v) is 7.77. The quantitative estimate of drug-likeness (QED) is 0.510. The van der Waals surface area contributed by atoms with Gasteiger partial charge in [-0.25, -0.2) is 4.79 Å². The minimum Gasteiger partial charge on any atom is -0.508 e. The molecule has 6 nitrogen and oxygen atoms in total. The average molecular weight is 419 g/mol. The molecule has 0 bridgehead atoms. The zero-order chi connectivity index (χ0) is 21.8. The molecule has 3 aromatic rings. The van der Waals surface area contributed by atoms with Gasteiger partial charge in [0.05, 0.1) is 13.7 Å². The molecule has 0 spiro atoms. The van der Waals surface area contributed by atoms with Gasteiger partial charge in [0.15, 0.2) is 11.5 Å². The molecule has 0 heterocycles. The molecule has 0 radical (unpaired) electrons. The first-order valence-electron chi connectivity index (χ1n) is 10.2. The van der Waals surface area contributed by atoms with Crippen LogP contribution >= 0.6 is 0 Å². The van der Waals surface area contributed by atoms with Crippen molar-refractivity contribution in [2.75, 3.05) is 19.0 Å². The van der Waals surface area contributed by atoms with Gasteiger partial charge in [-0.3, -0.25) is 0 Å². The van der Waals surface area contributed by atoms with Crippen molar-refractivity contribution in [1.29, 1.82) is 0 Å². The molecule has 3 N–H and O–H groups in total. The number of methoxy groups -OCH3 is 1. The van der Waals surface area contributed by atoms with Gasteiger partial charge in [0.2, 0.25) is 0 Å². The monoisotopic (exact) mass is 419 g/mol. The molecule has 0 aliphatic heterocycles. The summed E-state index contributed by atoms with van der Waals surface area (Å²) in [5.74, 6) is 0.438. The van der Waals surface area contributed by atoms with Crippen molar-refractivity contribution in [1.82, 2.24) is 0 Å². The minimum atomic E-state index is -1.10. The lowest BCUT2D eigenvalue weighted by Gasteiger charge is -2.27. The Morgan fingerprint density at radius 1 is 1.00 bits per heavy atom. The van der Waals surface area contributed by atoms with Crippen molar-refractivity contribution in [2.45, 2.75) is 24.8 Å². The van der Waals surface area contributed by atoms with Gasteiger partial charge in [0, 0.05) is 31.0 Å². The number of benzene rings is 3. The fraction of sp³-hybridized carbons (Fsp3) is 0.240. The highest BCUT2D eigenvalue weighted by atomic mass is 16.5. The summed E-state index contributed by atoms with van der Waals surface area (Å²) in [5, 5.41) is 22.9. The smallest absolute Gasteiger partial charge is 0.330 e. The minimum absolute atomic E-state index is 0.220. The summed E-state index contributed by atoms with van der Waals surface area (Å²) in [7, 11) is 1.57. The molecule has 0 atom stereocenters. The molecule has 160 valence electrons. The molecule has 1 aliphatic carbocycles. The molecule has 0 saturated carbocycles. The predicted molar refractivity (Wildman–Crippen MR) is 118 cm³/mol. The molecular formula is C25H25NO5. The number of carboxylic acids is 1. The van der Waals surface area contributed by atoms with Crippen LogP contribution in [0.4, 0.5) is 5.69 Å². The first-order chi connectivity index (χ1) is 15.0. The van der Waals surface area contributed by atoms with E-state index in [1.807, 2.05) is 30.3 Å². The van der Waals surface area contributed by atoms with Gasteiger partial charge in [-0.05, 0) is 41.0 Å². The summed E-state index contributed by atoms with van der Waals surface area (Å²) in [6.07, 6.45) is 1.44. The number of carboxylic acid groups (broad SMARTS) is 1. The summed E-state index contributed by atoms with van der Waals surface area (Å²) in [6.45, 7) is 0.388. The van der Waals surface area contributed by atoms with Crippen LogP contribution in [-0.2, 0) is 24.1 Å². The highest BCUT2D eigenvalue weighted by Crippen LogP contribution is 2.36. The van der Waals surface area contributed by atoms with Gasteiger partial charge in [-0.1, -0.05) is 36.4 Å². The van der Waals surface area contributed by atoms with Crippen LogP contribution in [0.5, 0.6) is 17.2 Å². The number of phenols is 1. The van der Waals surface area contributed by atoms with Crippen molar-refractivity contribution in [3.63, 3.8) is 0 Å². The van der Waals surface area contributed by atoms with Crippen molar-refractivity contribution in [3.05, 3.63) is 83.4 Å². The normalized spacial score (nSPS) is 14.0. The highest BCUT2D eigenvalue weighted by molar-refractivity contribution is 5.85. The molecular weight excluding hydrogens is 394 g/mol. The Morgan fingerprint density at radius 2 is 1.74 bits per heavy atom. The number of hydrogen-bond acceptors (Lipinski definition) is 5. The van der Waals surface area contributed by atoms with E-state index in [9.17, 15) is 15.0 Å². The van der Waals surface area contributed by atoms with E-state index in [0.29, 0.717) is 43.1 Å². The summed E-state index contributed by atoms with van der Waals surface area (Å²) in [4.78, 5) is 12.2. The Labute approximate surface area is 181 Å². The largest absolute Gasteiger partial charge is 0.508 e. The number of aromatic hydroxyl groups is 1. The van der Waals surface area contributed by atoms with E-state index in [4.69, 9.17) is 9.47 Å². The standard InChI is InChI=1S/C25H25NO5/c1-30-22-10-9-20(14-23(22)31-12-11-17-5-4-8-21(27)13-17)26-25(24(28)29)15-18-6-2-3-7-19(18)16-25/h2-10,13-14,26-27H,11-12,15-16H2,1H3,(H,28,29). The molecule has 0 amide bonds.